The molecule has 0 aromatic rings. The van der Waals surface area contributed by atoms with Gasteiger partial charge >= 0.3 is 0 Å². The SMILES string of the molecule is OCCN(CC1OCCO1)C1CCCCC1. The van der Waals surface area contributed by atoms with Crippen LogP contribution in [-0.4, -0.2) is 55.2 Å². The van der Waals surface area contributed by atoms with Gasteiger partial charge in [0.2, 0.25) is 0 Å². The van der Waals surface area contributed by atoms with Crippen molar-refractivity contribution >= 4 is 0 Å². The molecule has 4 heteroatoms. The highest BCUT2D eigenvalue weighted by molar-refractivity contribution is 4.77. The minimum atomic E-state index is -0.0755. The van der Waals surface area contributed by atoms with E-state index >= 15 is 0 Å². The van der Waals surface area contributed by atoms with E-state index in [1.165, 1.54) is 32.1 Å². The van der Waals surface area contributed by atoms with Crippen molar-refractivity contribution in [2.24, 2.45) is 0 Å². The number of aliphatic hydroxyl groups is 1. The first-order chi connectivity index (χ1) is 7.90. The van der Waals surface area contributed by atoms with Gasteiger partial charge < -0.3 is 14.6 Å². The smallest absolute Gasteiger partial charge is 0.170 e. The molecule has 2 rings (SSSR count). The molecule has 1 heterocycles. The average molecular weight is 229 g/mol. The first-order valence-corrected chi connectivity index (χ1v) is 6.48. The fraction of sp³-hybridized carbons (Fsp3) is 1.00. The predicted molar refractivity (Wildman–Crippen MR) is 61.2 cm³/mol. The minimum absolute atomic E-state index is 0.0755. The van der Waals surface area contributed by atoms with Crippen molar-refractivity contribution in [1.82, 2.24) is 4.90 Å². The van der Waals surface area contributed by atoms with Gasteiger partial charge in [-0.15, -0.1) is 0 Å². The van der Waals surface area contributed by atoms with E-state index < -0.39 is 0 Å². The third-order valence-electron chi connectivity index (χ3n) is 3.55. The van der Waals surface area contributed by atoms with Crippen molar-refractivity contribution in [3.05, 3.63) is 0 Å². The Bertz CT molecular complexity index is 189. The maximum Gasteiger partial charge on any atom is 0.170 e. The fourth-order valence-electron chi connectivity index (χ4n) is 2.70. The van der Waals surface area contributed by atoms with Gasteiger partial charge in [-0.2, -0.15) is 0 Å². The summed E-state index contributed by atoms with van der Waals surface area (Å²) in [6, 6.07) is 0.619. The fourth-order valence-corrected chi connectivity index (χ4v) is 2.70. The van der Waals surface area contributed by atoms with E-state index in [1.54, 1.807) is 0 Å². The van der Waals surface area contributed by atoms with E-state index in [0.717, 1.165) is 13.1 Å². The Morgan fingerprint density at radius 2 is 1.75 bits per heavy atom. The van der Waals surface area contributed by atoms with Crippen LogP contribution < -0.4 is 0 Å². The number of hydrogen-bond donors (Lipinski definition) is 1. The third-order valence-corrected chi connectivity index (χ3v) is 3.55. The second-order valence-electron chi connectivity index (χ2n) is 4.68. The second kappa shape index (κ2) is 6.55. The Kier molecular flexibility index (Phi) is 5.03. The lowest BCUT2D eigenvalue weighted by atomic mass is 9.94. The lowest BCUT2D eigenvalue weighted by Gasteiger charge is -2.34. The number of aliphatic hydroxyl groups excluding tert-OH is 1. The van der Waals surface area contributed by atoms with Crippen molar-refractivity contribution in [2.75, 3.05) is 32.9 Å². The molecule has 1 aliphatic heterocycles. The summed E-state index contributed by atoms with van der Waals surface area (Å²) in [5.74, 6) is 0. The molecule has 4 nitrogen and oxygen atoms in total. The number of hydrogen-bond acceptors (Lipinski definition) is 4. The van der Waals surface area contributed by atoms with Gasteiger partial charge in [0.15, 0.2) is 6.29 Å². The summed E-state index contributed by atoms with van der Waals surface area (Å²) in [4.78, 5) is 2.34. The zero-order valence-electron chi connectivity index (χ0n) is 9.94. The molecule has 1 N–H and O–H groups in total. The summed E-state index contributed by atoms with van der Waals surface area (Å²) < 4.78 is 11.0. The average Bonchev–Trinajstić information content (AvgIpc) is 2.83. The Balaban J connectivity index is 1.82. The highest BCUT2D eigenvalue weighted by Crippen LogP contribution is 2.23. The highest BCUT2D eigenvalue weighted by atomic mass is 16.7. The summed E-state index contributed by atoms with van der Waals surface area (Å²) in [7, 11) is 0. The largest absolute Gasteiger partial charge is 0.395 e. The molecular formula is C12H23NO3. The van der Waals surface area contributed by atoms with E-state index in [1.807, 2.05) is 0 Å². The molecule has 0 aromatic heterocycles. The van der Waals surface area contributed by atoms with Crippen molar-refractivity contribution in [3.63, 3.8) is 0 Å². The molecule has 0 spiro atoms. The maximum atomic E-state index is 9.12. The van der Waals surface area contributed by atoms with Crippen LogP contribution >= 0.6 is 0 Å². The van der Waals surface area contributed by atoms with Gasteiger partial charge in [-0.3, -0.25) is 4.90 Å². The molecule has 1 aliphatic carbocycles. The Morgan fingerprint density at radius 3 is 2.38 bits per heavy atom. The van der Waals surface area contributed by atoms with Gasteiger partial charge in [-0.25, -0.2) is 0 Å². The van der Waals surface area contributed by atoms with Gasteiger partial charge in [0, 0.05) is 19.1 Å². The van der Waals surface area contributed by atoms with Crippen LogP contribution in [-0.2, 0) is 9.47 Å². The Morgan fingerprint density at radius 1 is 1.06 bits per heavy atom. The Labute approximate surface area is 97.5 Å². The predicted octanol–water partition coefficient (Wildman–Crippen LogP) is 0.986. The molecule has 0 bridgehead atoms. The molecule has 0 radical (unpaired) electrons. The first kappa shape index (κ1) is 12.3. The maximum absolute atomic E-state index is 9.12. The summed E-state index contributed by atoms with van der Waals surface area (Å²) in [5.41, 5.74) is 0. The second-order valence-corrected chi connectivity index (χ2v) is 4.68. The van der Waals surface area contributed by atoms with Crippen molar-refractivity contribution in [3.8, 4) is 0 Å². The lowest BCUT2D eigenvalue weighted by Crippen LogP contribution is -2.43. The monoisotopic (exact) mass is 229 g/mol. The molecule has 0 amide bonds. The molecule has 1 saturated heterocycles. The van der Waals surface area contributed by atoms with Crippen molar-refractivity contribution in [1.29, 1.82) is 0 Å². The first-order valence-electron chi connectivity index (χ1n) is 6.48. The van der Waals surface area contributed by atoms with E-state index in [-0.39, 0.29) is 12.9 Å². The summed E-state index contributed by atoms with van der Waals surface area (Å²) in [6.45, 7) is 3.20. The van der Waals surface area contributed by atoms with Crippen LogP contribution in [0.25, 0.3) is 0 Å². The molecule has 2 fully saturated rings. The van der Waals surface area contributed by atoms with Crippen LogP contribution in [0.1, 0.15) is 32.1 Å². The highest BCUT2D eigenvalue weighted by Gasteiger charge is 2.25. The molecule has 0 aromatic carbocycles. The molecule has 0 atom stereocenters. The molecule has 16 heavy (non-hydrogen) atoms. The zero-order valence-corrected chi connectivity index (χ0v) is 9.94. The van der Waals surface area contributed by atoms with E-state index in [2.05, 4.69) is 4.90 Å². The topological polar surface area (TPSA) is 41.9 Å². The van der Waals surface area contributed by atoms with E-state index in [4.69, 9.17) is 14.6 Å². The molecule has 2 aliphatic rings. The quantitative estimate of drug-likeness (QED) is 0.763. The number of rotatable bonds is 5. The third kappa shape index (κ3) is 3.42. The standard InChI is InChI=1S/C12H23NO3/c14-7-6-13(10-12-15-8-9-16-12)11-4-2-1-3-5-11/h11-12,14H,1-10H2. The van der Waals surface area contributed by atoms with E-state index in [0.29, 0.717) is 19.3 Å². The summed E-state index contributed by atoms with van der Waals surface area (Å²) >= 11 is 0. The minimum Gasteiger partial charge on any atom is -0.395 e. The zero-order chi connectivity index (χ0) is 11.2. The summed E-state index contributed by atoms with van der Waals surface area (Å²) in [6.07, 6.45) is 6.44. The van der Waals surface area contributed by atoms with Gasteiger partial charge in [0.25, 0.3) is 0 Å². The summed E-state index contributed by atoms with van der Waals surface area (Å²) in [5, 5.41) is 9.12. The van der Waals surface area contributed by atoms with Crippen LogP contribution in [0.2, 0.25) is 0 Å². The Hall–Kier alpha value is -0.160. The van der Waals surface area contributed by atoms with Crippen molar-refractivity contribution < 1.29 is 14.6 Å². The van der Waals surface area contributed by atoms with Crippen LogP contribution in [0.4, 0.5) is 0 Å². The van der Waals surface area contributed by atoms with Crippen LogP contribution in [0, 0.1) is 0 Å². The molecule has 0 unspecified atom stereocenters. The molecule has 94 valence electrons. The van der Waals surface area contributed by atoms with E-state index in [9.17, 15) is 0 Å². The van der Waals surface area contributed by atoms with Gasteiger partial charge in [0.1, 0.15) is 0 Å². The number of nitrogens with zero attached hydrogens (tertiary/aromatic N) is 1. The van der Waals surface area contributed by atoms with Gasteiger partial charge in [-0.1, -0.05) is 19.3 Å². The normalized spacial score (nSPS) is 24.4. The molecular weight excluding hydrogens is 206 g/mol. The van der Waals surface area contributed by atoms with Gasteiger partial charge in [0.05, 0.1) is 19.8 Å². The lowest BCUT2D eigenvalue weighted by molar-refractivity contribution is -0.0727. The van der Waals surface area contributed by atoms with Crippen LogP contribution in [0.3, 0.4) is 0 Å². The molecule has 1 saturated carbocycles. The number of ether oxygens (including phenoxy) is 2. The van der Waals surface area contributed by atoms with Crippen molar-refractivity contribution in [2.45, 2.75) is 44.4 Å². The van der Waals surface area contributed by atoms with Gasteiger partial charge in [-0.05, 0) is 12.8 Å². The van der Waals surface area contributed by atoms with Crippen LogP contribution in [0.5, 0.6) is 0 Å². The van der Waals surface area contributed by atoms with Crippen LogP contribution in [0.15, 0.2) is 0 Å².